The third kappa shape index (κ3) is 6.41. The number of ether oxygens (including phenoxy) is 1. The van der Waals surface area contributed by atoms with Crippen LogP contribution < -0.4 is 10.1 Å². The van der Waals surface area contributed by atoms with E-state index < -0.39 is 5.97 Å². The molecule has 162 valence electrons. The van der Waals surface area contributed by atoms with E-state index in [9.17, 15) is 4.79 Å². The molecule has 0 aliphatic heterocycles. The zero-order valence-electron chi connectivity index (χ0n) is 17.7. The van der Waals surface area contributed by atoms with Gasteiger partial charge in [0.2, 0.25) is 0 Å². The molecular formula is C25H24N4O3. The number of aliphatic carboxylic acids is 1. The summed E-state index contributed by atoms with van der Waals surface area (Å²) in [6, 6.07) is 14.8. The summed E-state index contributed by atoms with van der Waals surface area (Å²) in [7, 11) is 0. The molecule has 0 saturated carbocycles. The highest BCUT2D eigenvalue weighted by Crippen LogP contribution is 2.23. The van der Waals surface area contributed by atoms with Crippen molar-refractivity contribution in [3.63, 3.8) is 0 Å². The van der Waals surface area contributed by atoms with Crippen LogP contribution in [0.15, 0.2) is 60.9 Å². The largest absolute Gasteiger partial charge is 0.489 e. The van der Waals surface area contributed by atoms with Crippen LogP contribution in [0.25, 0.3) is 0 Å². The summed E-state index contributed by atoms with van der Waals surface area (Å²) < 4.78 is 5.90. The Balaban J connectivity index is 1.65. The second-order valence-electron chi connectivity index (χ2n) is 6.99. The van der Waals surface area contributed by atoms with E-state index in [0.29, 0.717) is 24.7 Å². The zero-order chi connectivity index (χ0) is 22.8. The normalized spacial score (nSPS) is 11.0. The Kier molecular flexibility index (Phi) is 7.93. The Morgan fingerprint density at radius 2 is 1.97 bits per heavy atom. The van der Waals surface area contributed by atoms with Crippen molar-refractivity contribution in [1.82, 2.24) is 9.97 Å². The van der Waals surface area contributed by atoms with Crippen molar-refractivity contribution in [3.8, 4) is 17.6 Å². The number of aromatic nitrogens is 2. The SMILES string of the molecule is CC#C[C@@H](CC(=O)O)c1ccc(OCc2ccc(C=N)c(NCc3ncccn3)c2)cc1. The summed E-state index contributed by atoms with van der Waals surface area (Å²) in [4.78, 5) is 19.5. The summed E-state index contributed by atoms with van der Waals surface area (Å²) in [6.45, 7) is 2.50. The fourth-order valence-electron chi connectivity index (χ4n) is 3.13. The molecule has 3 aromatic rings. The molecule has 7 heteroatoms. The van der Waals surface area contributed by atoms with Gasteiger partial charge in [-0.1, -0.05) is 30.2 Å². The van der Waals surface area contributed by atoms with Crippen LogP contribution in [0.5, 0.6) is 5.75 Å². The van der Waals surface area contributed by atoms with Crippen LogP contribution in [0.2, 0.25) is 0 Å². The zero-order valence-corrected chi connectivity index (χ0v) is 17.7. The van der Waals surface area contributed by atoms with E-state index >= 15 is 0 Å². The fourth-order valence-corrected chi connectivity index (χ4v) is 3.13. The maximum absolute atomic E-state index is 11.1. The number of hydrogen-bond acceptors (Lipinski definition) is 6. The fraction of sp³-hybridized carbons (Fsp3) is 0.200. The van der Waals surface area contributed by atoms with Crippen LogP contribution in [-0.2, 0) is 17.9 Å². The Morgan fingerprint density at radius 1 is 1.22 bits per heavy atom. The highest BCUT2D eigenvalue weighted by Gasteiger charge is 2.13. The molecule has 0 unspecified atom stereocenters. The van der Waals surface area contributed by atoms with Crippen LogP contribution in [0.4, 0.5) is 5.69 Å². The Hall–Kier alpha value is -4.18. The van der Waals surface area contributed by atoms with Crippen LogP contribution in [0, 0.1) is 17.3 Å². The van der Waals surface area contributed by atoms with Crippen molar-refractivity contribution in [2.75, 3.05) is 5.32 Å². The van der Waals surface area contributed by atoms with Gasteiger partial charge >= 0.3 is 5.97 Å². The van der Waals surface area contributed by atoms with Crippen molar-refractivity contribution in [3.05, 3.63) is 83.4 Å². The average Bonchev–Trinajstić information content (AvgIpc) is 2.82. The number of nitrogens with one attached hydrogen (secondary N) is 2. The van der Waals surface area contributed by atoms with E-state index in [2.05, 4.69) is 27.1 Å². The van der Waals surface area contributed by atoms with E-state index in [0.717, 1.165) is 22.4 Å². The molecule has 0 radical (unpaired) electrons. The average molecular weight is 428 g/mol. The van der Waals surface area contributed by atoms with E-state index in [1.54, 1.807) is 25.4 Å². The van der Waals surface area contributed by atoms with Gasteiger partial charge in [-0.2, -0.15) is 0 Å². The van der Waals surface area contributed by atoms with Gasteiger partial charge in [-0.15, -0.1) is 5.92 Å². The minimum absolute atomic E-state index is 0.0375. The number of benzene rings is 2. The highest BCUT2D eigenvalue weighted by molar-refractivity contribution is 5.86. The van der Waals surface area contributed by atoms with Gasteiger partial charge in [0.25, 0.3) is 0 Å². The monoisotopic (exact) mass is 428 g/mol. The summed E-state index contributed by atoms with van der Waals surface area (Å²) >= 11 is 0. The lowest BCUT2D eigenvalue weighted by molar-refractivity contribution is -0.137. The lowest BCUT2D eigenvalue weighted by atomic mass is 9.96. The van der Waals surface area contributed by atoms with E-state index in [1.165, 1.54) is 6.21 Å². The van der Waals surface area contributed by atoms with Crippen LogP contribution in [0.1, 0.15) is 41.8 Å². The first-order valence-electron chi connectivity index (χ1n) is 10.1. The third-order valence-electron chi connectivity index (χ3n) is 4.71. The topological polar surface area (TPSA) is 108 Å². The second kappa shape index (κ2) is 11.3. The number of carboxylic acid groups (broad SMARTS) is 1. The summed E-state index contributed by atoms with van der Waals surface area (Å²) in [6.07, 6.45) is 4.64. The molecule has 1 atom stereocenters. The maximum Gasteiger partial charge on any atom is 0.304 e. The van der Waals surface area contributed by atoms with Gasteiger partial charge in [0, 0.05) is 29.9 Å². The van der Waals surface area contributed by atoms with Crippen molar-refractivity contribution in [2.24, 2.45) is 0 Å². The van der Waals surface area contributed by atoms with Crippen molar-refractivity contribution in [1.29, 1.82) is 5.41 Å². The summed E-state index contributed by atoms with van der Waals surface area (Å²) in [5.74, 6) is 5.85. The number of hydrogen-bond donors (Lipinski definition) is 3. The molecule has 0 saturated heterocycles. The molecule has 7 nitrogen and oxygen atoms in total. The molecule has 0 bridgehead atoms. The predicted molar refractivity (Wildman–Crippen MR) is 123 cm³/mol. The minimum Gasteiger partial charge on any atom is -0.489 e. The quantitative estimate of drug-likeness (QED) is 0.329. The van der Waals surface area contributed by atoms with Gasteiger partial charge in [0.1, 0.15) is 18.2 Å². The number of nitrogens with zero attached hydrogens (tertiary/aromatic N) is 2. The minimum atomic E-state index is -0.880. The van der Waals surface area contributed by atoms with Gasteiger partial charge < -0.3 is 20.6 Å². The lowest BCUT2D eigenvalue weighted by Gasteiger charge is -2.13. The molecule has 32 heavy (non-hydrogen) atoms. The summed E-state index contributed by atoms with van der Waals surface area (Å²) in [5.41, 5.74) is 3.35. The van der Waals surface area contributed by atoms with Gasteiger partial charge in [0.15, 0.2) is 0 Å². The van der Waals surface area contributed by atoms with Gasteiger partial charge in [-0.3, -0.25) is 4.79 Å². The highest BCUT2D eigenvalue weighted by atomic mass is 16.5. The van der Waals surface area contributed by atoms with Crippen molar-refractivity contribution in [2.45, 2.75) is 32.4 Å². The van der Waals surface area contributed by atoms with Crippen molar-refractivity contribution >= 4 is 17.9 Å². The third-order valence-corrected chi connectivity index (χ3v) is 4.71. The number of rotatable bonds is 10. The Labute approximate surface area is 187 Å². The molecular weight excluding hydrogens is 404 g/mol. The first-order valence-corrected chi connectivity index (χ1v) is 10.1. The first kappa shape index (κ1) is 22.5. The van der Waals surface area contributed by atoms with Crippen LogP contribution >= 0.6 is 0 Å². The van der Waals surface area contributed by atoms with Crippen LogP contribution in [-0.4, -0.2) is 27.3 Å². The second-order valence-corrected chi connectivity index (χ2v) is 6.99. The molecule has 0 aliphatic carbocycles. The van der Waals surface area contributed by atoms with E-state index in [-0.39, 0.29) is 12.3 Å². The number of anilines is 1. The molecule has 0 amide bonds. The Bertz CT molecular complexity index is 1120. The smallest absolute Gasteiger partial charge is 0.304 e. The van der Waals surface area contributed by atoms with Crippen LogP contribution in [0.3, 0.4) is 0 Å². The van der Waals surface area contributed by atoms with E-state index in [4.69, 9.17) is 15.3 Å². The predicted octanol–water partition coefficient (Wildman–Crippen LogP) is 4.25. The first-order chi connectivity index (χ1) is 15.6. The van der Waals surface area contributed by atoms with Gasteiger partial charge in [0.05, 0.1) is 18.9 Å². The Morgan fingerprint density at radius 3 is 2.62 bits per heavy atom. The molecule has 3 rings (SSSR count). The molecule has 1 aromatic heterocycles. The molecule has 2 aromatic carbocycles. The standard InChI is InChI=1S/C25H24N4O3/c1-2-4-20(14-25(30)31)19-7-9-22(10-8-19)32-17-18-5-6-21(15-26)23(13-18)29-16-24-27-11-3-12-28-24/h3,5-13,15,20,26,29H,14,16-17H2,1H3,(H,30,31)/t20-/m0/s1. The molecule has 0 spiro atoms. The lowest BCUT2D eigenvalue weighted by Crippen LogP contribution is -2.06. The molecule has 0 fully saturated rings. The van der Waals surface area contributed by atoms with E-state index in [1.807, 2.05) is 42.5 Å². The number of carbonyl (C=O) groups is 1. The molecule has 3 N–H and O–H groups in total. The maximum atomic E-state index is 11.1. The number of carboxylic acids is 1. The van der Waals surface area contributed by atoms with Gasteiger partial charge in [-0.25, -0.2) is 9.97 Å². The van der Waals surface area contributed by atoms with Crippen molar-refractivity contribution < 1.29 is 14.6 Å². The van der Waals surface area contributed by atoms with Gasteiger partial charge in [-0.05, 0) is 42.3 Å². The molecule has 0 aliphatic rings. The molecule has 1 heterocycles. The summed E-state index contributed by atoms with van der Waals surface area (Å²) in [5, 5.41) is 20.0.